The number of rotatable bonds is 40. The molecule has 0 radical (unpaired) electrons. The summed E-state index contributed by atoms with van der Waals surface area (Å²) < 4.78 is 32.6. The van der Waals surface area contributed by atoms with Gasteiger partial charge in [0.05, 0.1) is 13.2 Å². The predicted molar refractivity (Wildman–Crippen MR) is 251 cm³/mol. The average molecular weight is 854 g/mol. The average Bonchev–Trinajstić information content (AvgIpc) is 3.24. The van der Waals surface area contributed by atoms with Gasteiger partial charge < -0.3 is 20.1 Å². The van der Waals surface area contributed by atoms with Gasteiger partial charge in [-0.1, -0.05) is 161 Å². The van der Waals surface area contributed by atoms with E-state index in [2.05, 4.69) is 129 Å². The van der Waals surface area contributed by atoms with Gasteiger partial charge in [0.25, 0.3) is 0 Å². The van der Waals surface area contributed by atoms with Gasteiger partial charge in [0.2, 0.25) is 0 Å². The van der Waals surface area contributed by atoms with Crippen LogP contribution in [0.2, 0.25) is 0 Å². The van der Waals surface area contributed by atoms with E-state index in [0.717, 1.165) is 96.3 Å². The molecule has 9 nitrogen and oxygen atoms in total. The van der Waals surface area contributed by atoms with E-state index >= 15 is 0 Å². The van der Waals surface area contributed by atoms with Crippen LogP contribution in [0.4, 0.5) is 0 Å². The maximum Gasteiger partial charge on any atom is 0.472 e. The second-order valence-electron chi connectivity index (χ2n) is 14.2. The van der Waals surface area contributed by atoms with Crippen molar-refractivity contribution in [3.63, 3.8) is 0 Å². The van der Waals surface area contributed by atoms with E-state index < -0.39 is 32.5 Å². The topological polar surface area (TPSA) is 134 Å². The molecule has 2 atom stereocenters. The molecule has 3 N–H and O–H groups in total. The Balaban J connectivity index is 4.23. The Hall–Kier alpha value is -3.59. The maximum atomic E-state index is 12.6. The monoisotopic (exact) mass is 854 g/mol. The second-order valence-corrected chi connectivity index (χ2v) is 15.6. The molecule has 0 bridgehead atoms. The lowest BCUT2D eigenvalue weighted by atomic mass is 10.1. The van der Waals surface area contributed by atoms with Crippen LogP contribution in [-0.2, 0) is 32.7 Å². The maximum absolute atomic E-state index is 12.6. The third-order valence-corrected chi connectivity index (χ3v) is 9.55. The molecule has 0 rings (SSSR count). The van der Waals surface area contributed by atoms with Crippen LogP contribution in [0.5, 0.6) is 0 Å². The highest BCUT2D eigenvalue weighted by atomic mass is 31.2. The van der Waals surface area contributed by atoms with Crippen molar-refractivity contribution in [3.8, 4) is 0 Å². The molecule has 0 saturated heterocycles. The fourth-order valence-corrected chi connectivity index (χ4v) is 6.05. The Labute approximate surface area is 364 Å². The molecule has 0 aliphatic carbocycles. The SMILES string of the molecule is CC/C=C\C/C=C\C/C=C\C/C=C\C/C=C\C/C=C\C/C=C\C/C=C\C/C=C\CCCC(=O)OC(COC(=O)CCCCCCC/C=C\CCC)COP(=O)(O)OCCN. The molecule has 0 heterocycles. The van der Waals surface area contributed by atoms with Crippen LogP contribution in [0.3, 0.4) is 0 Å². The van der Waals surface area contributed by atoms with Crippen molar-refractivity contribution in [1.29, 1.82) is 0 Å². The molecule has 2 unspecified atom stereocenters. The van der Waals surface area contributed by atoms with Gasteiger partial charge in [0.15, 0.2) is 6.10 Å². The van der Waals surface area contributed by atoms with Crippen molar-refractivity contribution >= 4 is 19.8 Å². The van der Waals surface area contributed by atoms with Crippen LogP contribution in [0, 0.1) is 0 Å². The van der Waals surface area contributed by atoms with Crippen LogP contribution < -0.4 is 5.73 Å². The first kappa shape index (κ1) is 56.4. The van der Waals surface area contributed by atoms with Crippen molar-refractivity contribution in [3.05, 3.63) is 122 Å². The van der Waals surface area contributed by atoms with Crippen molar-refractivity contribution in [1.82, 2.24) is 0 Å². The third kappa shape index (κ3) is 44.0. The standard InChI is InChI=1S/C50H80NO8P/c1-3-5-7-9-11-13-15-16-17-18-19-20-21-22-23-24-25-26-27-28-29-30-31-32-33-35-37-39-41-43-50(53)59-48(47-58-60(54,55)57-45-44-51)46-56-49(52)42-40-38-36-34-14-12-10-8-6-4-2/h5,7-8,10-11,13,16-17,19-20,22-23,25-26,28-29,31-32,35,37,48H,3-4,6,9,12,14-15,18,21,24,27,30,33-34,36,38-47,51H2,1-2H3,(H,54,55)/b7-5-,10-8-,13-11-,17-16-,20-19-,23-22-,26-25-,29-28-,32-31-,37-35-. The number of unbranched alkanes of at least 4 members (excludes halogenated alkanes) is 7. The van der Waals surface area contributed by atoms with Gasteiger partial charge in [-0.3, -0.25) is 18.6 Å². The minimum absolute atomic E-state index is 0.0360. The summed E-state index contributed by atoms with van der Waals surface area (Å²) in [6.07, 6.45) is 61.1. The van der Waals surface area contributed by atoms with E-state index in [4.69, 9.17) is 24.3 Å². The number of phosphoric ester groups is 1. The summed E-state index contributed by atoms with van der Waals surface area (Å²) in [5.74, 6) is -0.926. The summed E-state index contributed by atoms with van der Waals surface area (Å²) in [5.41, 5.74) is 5.34. The van der Waals surface area contributed by atoms with Crippen molar-refractivity contribution in [2.75, 3.05) is 26.4 Å². The van der Waals surface area contributed by atoms with E-state index in [0.29, 0.717) is 19.3 Å². The molecule has 338 valence electrons. The Bertz CT molecular complexity index is 1390. The van der Waals surface area contributed by atoms with Gasteiger partial charge in [-0.15, -0.1) is 0 Å². The van der Waals surface area contributed by atoms with Gasteiger partial charge in [0, 0.05) is 19.4 Å². The molecule has 0 aromatic heterocycles. The van der Waals surface area contributed by atoms with Gasteiger partial charge >= 0.3 is 19.8 Å². The molecule has 0 aliphatic rings. The molecule has 0 aromatic carbocycles. The first-order valence-electron chi connectivity index (χ1n) is 22.5. The summed E-state index contributed by atoms with van der Waals surface area (Å²) >= 11 is 0. The highest BCUT2D eigenvalue weighted by molar-refractivity contribution is 7.47. The quantitative estimate of drug-likeness (QED) is 0.0267. The molecule has 0 spiro atoms. The fourth-order valence-electron chi connectivity index (χ4n) is 5.28. The van der Waals surface area contributed by atoms with Gasteiger partial charge in [0.1, 0.15) is 6.61 Å². The molecule has 0 amide bonds. The number of hydrogen-bond acceptors (Lipinski definition) is 8. The Morgan fingerprint density at radius 1 is 0.517 bits per heavy atom. The van der Waals surface area contributed by atoms with Crippen LogP contribution in [0.25, 0.3) is 0 Å². The van der Waals surface area contributed by atoms with Crippen LogP contribution in [0.1, 0.15) is 149 Å². The number of nitrogens with two attached hydrogens (primary N) is 1. The molecule has 0 aromatic rings. The minimum atomic E-state index is -4.40. The summed E-state index contributed by atoms with van der Waals surface area (Å²) in [5, 5.41) is 0. The summed E-state index contributed by atoms with van der Waals surface area (Å²) in [7, 11) is -4.40. The van der Waals surface area contributed by atoms with Crippen LogP contribution in [-0.4, -0.2) is 49.3 Å². The van der Waals surface area contributed by atoms with E-state index in [1.54, 1.807) is 0 Å². The highest BCUT2D eigenvalue weighted by Gasteiger charge is 2.25. The van der Waals surface area contributed by atoms with E-state index in [1.807, 2.05) is 6.08 Å². The fraction of sp³-hybridized carbons (Fsp3) is 0.560. The lowest BCUT2D eigenvalue weighted by molar-refractivity contribution is -0.161. The third-order valence-electron chi connectivity index (χ3n) is 8.56. The summed E-state index contributed by atoms with van der Waals surface area (Å²) in [6, 6.07) is 0. The Morgan fingerprint density at radius 3 is 1.43 bits per heavy atom. The number of carbonyl (C=O) groups is 2. The number of phosphoric acid groups is 1. The van der Waals surface area contributed by atoms with E-state index in [1.165, 1.54) is 6.42 Å². The zero-order valence-electron chi connectivity index (χ0n) is 37.1. The molecule has 0 saturated carbocycles. The van der Waals surface area contributed by atoms with Crippen molar-refractivity contribution < 1.29 is 37.6 Å². The Morgan fingerprint density at radius 2 is 0.933 bits per heavy atom. The molecular formula is C50H80NO8P. The molecule has 0 fully saturated rings. The zero-order chi connectivity index (χ0) is 43.9. The zero-order valence-corrected chi connectivity index (χ0v) is 38.0. The molecule has 10 heteroatoms. The van der Waals surface area contributed by atoms with Gasteiger partial charge in [-0.05, 0) is 96.3 Å². The normalized spacial score (nSPS) is 14.4. The first-order chi connectivity index (χ1) is 29.3. The smallest absolute Gasteiger partial charge is 0.462 e. The van der Waals surface area contributed by atoms with Crippen molar-refractivity contribution in [2.24, 2.45) is 5.73 Å². The summed E-state index contributed by atoms with van der Waals surface area (Å²) in [6.45, 7) is 3.44. The number of carbonyl (C=O) groups excluding carboxylic acids is 2. The minimum Gasteiger partial charge on any atom is -0.462 e. The lowest BCUT2D eigenvalue weighted by Crippen LogP contribution is -2.29. The van der Waals surface area contributed by atoms with Gasteiger partial charge in [-0.2, -0.15) is 0 Å². The second kappa shape index (κ2) is 44.9. The van der Waals surface area contributed by atoms with E-state index in [-0.39, 0.29) is 32.6 Å². The number of ether oxygens (including phenoxy) is 2. The molecule has 60 heavy (non-hydrogen) atoms. The largest absolute Gasteiger partial charge is 0.472 e. The van der Waals surface area contributed by atoms with Crippen LogP contribution >= 0.6 is 7.82 Å². The predicted octanol–water partition coefficient (Wildman–Crippen LogP) is 13.3. The summed E-state index contributed by atoms with van der Waals surface area (Å²) in [4.78, 5) is 34.8. The molecule has 0 aliphatic heterocycles. The molecular weight excluding hydrogens is 774 g/mol. The Kier molecular flexibility index (Phi) is 42.3. The van der Waals surface area contributed by atoms with Crippen molar-refractivity contribution in [2.45, 2.75) is 155 Å². The van der Waals surface area contributed by atoms with Crippen LogP contribution in [0.15, 0.2) is 122 Å². The number of allylic oxidation sites excluding steroid dienone is 20. The van der Waals surface area contributed by atoms with E-state index in [9.17, 15) is 19.0 Å². The number of hydrogen-bond donors (Lipinski definition) is 2. The van der Waals surface area contributed by atoms with Gasteiger partial charge in [-0.25, -0.2) is 4.57 Å². The highest BCUT2D eigenvalue weighted by Crippen LogP contribution is 2.43. The number of esters is 2. The lowest BCUT2D eigenvalue weighted by Gasteiger charge is -2.19. The first-order valence-corrected chi connectivity index (χ1v) is 24.0.